The molecule has 0 fully saturated rings. The minimum absolute atomic E-state index is 0.0412. The molecule has 0 spiro atoms. The van der Waals surface area contributed by atoms with Crippen molar-refractivity contribution < 1.29 is 17.6 Å². The van der Waals surface area contributed by atoms with Crippen LogP contribution in [0, 0.1) is 5.82 Å². The Kier molecular flexibility index (Phi) is 3.27. The second-order valence-electron chi connectivity index (χ2n) is 4.85. The van der Waals surface area contributed by atoms with Crippen molar-refractivity contribution in [2.24, 2.45) is 0 Å². The highest BCUT2D eigenvalue weighted by Crippen LogP contribution is 2.29. The first kappa shape index (κ1) is 14.4. The Morgan fingerprint density at radius 1 is 1.09 bits per heavy atom. The predicted octanol–water partition coefficient (Wildman–Crippen LogP) is 3.54. The van der Waals surface area contributed by atoms with Crippen LogP contribution >= 0.6 is 0 Å². The van der Waals surface area contributed by atoms with Crippen LogP contribution in [0.1, 0.15) is 11.1 Å². The van der Waals surface area contributed by atoms with E-state index in [0.717, 1.165) is 12.1 Å². The zero-order valence-corrected chi connectivity index (χ0v) is 11.1. The summed E-state index contributed by atoms with van der Waals surface area (Å²) in [5, 5.41) is 0. The van der Waals surface area contributed by atoms with Crippen molar-refractivity contribution in [3.8, 4) is 0 Å². The second-order valence-corrected chi connectivity index (χ2v) is 4.85. The lowest BCUT2D eigenvalue weighted by molar-refractivity contribution is -0.137. The number of rotatable bonds is 2. The Morgan fingerprint density at radius 2 is 1.82 bits per heavy atom. The molecule has 0 bridgehead atoms. The monoisotopic (exact) mass is 310 g/mol. The van der Waals surface area contributed by atoms with Gasteiger partial charge in [0, 0.05) is 0 Å². The number of hydrogen-bond donors (Lipinski definition) is 1. The maximum absolute atomic E-state index is 13.6. The maximum Gasteiger partial charge on any atom is 0.416 e. The number of fused-ring (bicyclic) bond motifs is 1. The van der Waals surface area contributed by atoms with Gasteiger partial charge in [0.15, 0.2) is 0 Å². The van der Waals surface area contributed by atoms with E-state index in [1.807, 2.05) is 0 Å². The van der Waals surface area contributed by atoms with Crippen molar-refractivity contribution in [2.45, 2.75) is 12.7 Å². The van der Waals surface area contributed by atoms with E-state index >= 15 is 0 Å². The van der Waals surface area contributed by atoms with Gasteiger partial charge in [-0.25, -0.2) is 9.18 Å². The summed E-state index contributed by atoms with van der Waals surface area (Å²) in [6.45, 7) is -0.0772. The smallest absolute Gasteiger partial charge is 0.303 e. The Balaban J connectivity index is 2.06. The van der Waals surface area contributed by atoms with E-state index in [1.165, 1.54) is 34.9 Å². The molecule has 3 rings (SSSR count). The molecule has 0 saturated carbocycles. The van der Waals surface area contributed by atoms with Gasteiger partial charge in [-0.3, -0.25) is 4.57 Å². The quantitative estimate of drug-likeness (QED) is 0.722. The van der Waals surface area contributed by atoms with Crippen molar-refractivity contribution >= 4 is 11.0 Å². The summed E-state index contributed by atoms with van der Waals surface area (Å²) in [7, 11) is 0. The van der Waals surface area contributed by atoms with Crippen LogP contribution in [0.4, 0.5) is 17.6 Å². The first-order chi connectivity index (χ1) is 10.4. The molecule has 114 valence electrons. The molecule has 3 aromatic rings. The zero-order chi connectivity index (χ0) is 15.9. The topological polar surface area (TPSA) is 37.8 Å². The third-order valence-electron chi connectivity index (χ3n) is 3.35. The molecule has 0 amide bonds. The summed E-state index contributed by atoms with van der Waals surface area (Å²) in [4.78, 5) is 14.3. The third kappa shape index (κ3) is 2.49. The number of aromatic nitrogens is 2. The van der Waals surface area contributed by atoms with Crippen LogP contribution < -0.4 is 5.69 Å². The summed E-state index contributed by atoms with van der Waals surface area (Å²) in [5.74, 6) is -0.586. The molecular weight excluding hydrogens is 300 g/mol. The van der Waals surface area contributed by atoms with Crippen LogP contribution in [0.5, 0.6) is 0 Å². The second kappa shape index (κ2) is 5.01. The van der Waals surface area contributed by atoms with Gasteiger partial charge in [0.25, 0.3) is 0 Å². The molecule has 0 saturated heterocycles. The fourth-order valence-corrected chi connectivity index (χ4v) is 2.33. The summed E-state index contributed by atoms with van der Waals surface area (Å²) < 4.78 is 52.9. The standard InChI is InChI=1S/C15H10F4N2O/c16-11-5-2-6-12-13(11)20-14(22)21(12)8-9-3-1-4-10(7-9)15(17,18)19/h1-7H,8H2,(H,20,22). The molecule has 7 heteroatoms. The van der Waals surface area contributed by atoms with E-state index in [4.69, 9.17) is 0 Å². The van der Waals surface area contributed by atoms with Crippen LogP contribution in [0.2, 0.25) is 0 Å². The molecule has 3 nitrogen and oxygen atoms in total. The van der Waals surface area contributed by atoms with E-state index in [0.29, 0.717) is 11.1 Å². The van der Waals surface area contributed by atoms with Gasteiger partial charge in [-0.1, -0.05) is 18.2 Å². The zero-order valence-electron chi connectivity index (χ0n) is 11.1. The number of aromatic amines is 1. The summed E-state index contributed by atoms with van der Waals surface area (Å²) in [6, 6.07) is 8.87. The van der Waals surface area contributed by atoms with Gasteiger partial charge < -0.3 is 4.98 Å². The van der Waals surface area contributed by atoms with Crippen LogP contribution in [-0.2, 0) is 12.7 Å². The summed E-state index contributed by atoms with van der Waals surface area (Å²) in [5.41, 5.74) is -0.703. The van der Waals surface area contributed by atoms with Crippen LogP contribution in [0.25, 0.3) is 11.0 Å². The van der Waals surface area contributed by atoms with E-state index in [1.54, 1.807) is 0 Å². The number of H-pyrrole nitrogens is 1. The molecule has 0 aliphatic carbocycles. The number of imidazole rings is 1. The molecule has 1 heterocycles. The lowest BCUT2D eigenvalue weighted by Crippen LogP contribution is -2.17. The molecule has 0 aliphatic rings. The average molecular weight is 310 g/mol. The molecule has 1 aromatic heterocycles. The van der Waals surface area contributed by atoms with E-state index < -0.39 is 23.2 Å². The molecule has 0 radical (unpaired) electrons. The Hall–Kier alpha value is -2.57. The Morgan fingerprint density at radius 3 is 2.55 bits per heavy atom. The number of benzene rings is 2. The normalized spacial score (nSPS) is 12.0. The van der Waals surface area contributed by atoms with Gasteiger partial charge in [0.05, 0.1) is 17.6 Å². The highest BCUT2D eigenvalue weighted by Gasteiger charge is 2.30. The third-order valence-corrected chi connectivity index (χ3v) is 3.35. The Bertz CT molecular complexity index is 892. The van der Waals surface area contributed by atoms with E-state index in [2.05, 4.69) is 4.98 Å². The van der Waals surface area contributed by atoms with Crippen molar-refractivity contribution in [3.05, 3.63) is 69.9 Å². The molecule has 2 aromatic carbocycles. The number of halogens is 4. The van der Waals surface area contributed by atoms with Gasteiger partial charge in [0.2, 0.25) is 0 Å². The number of nitrogens with one attached hydrogen (secondary N) is 1. The Labute approximate surface area is 121 Å². The van der Waals surface area contributed by atoms with Crippen molar-refractivity contribution in [3.63, 3.8) is 0 Å². The van der Waals surface area contributed by atoms with Gasteiger partial charge in [-0.15, -0.1) is 0 Å². The molecule has 0 atom stereocenters. The van der Waals surface area contributed by atoms with Crippen LogP contribution in [-0.4, -0.2) is 9.55 Å². The van der Waals surface area contributed by atoms with Crippen molar-refractivity contribution in [1.29, 1.82) is 0 Å². The van der Waals surface area contributed by atoms with Gasteiger partial charge in [-0.05, 0) is 29.8 Å². The van der Waals surface area contributed by atoms with Crippen LogP contribution in [0.15, 0.2) is 47.3 Å². The SMILES string of the molecule is O=c1[nH]c2c(F)cccc2n1Cc1cccc(C(F)(F)F)c1. The highest BCUT2D eigenvalue weighted by molar-refractivity contribution is 5.75. The van der Waals surface area contributed by atoms with Gasteiger partial charge in [0.1, 0.15) is 11.3 Å². The molecular formula is C15H10F4N2O. The largest absolute Gasteiger partial charge is 0.416 e. The van der Waals surface area contributed by atoms with Crippen LogP contribution in [0.3, 0.4) is 0 Å². The van der Waals surface area contributed by atoms with E-state index in [9.17, 15) is 22.4 Å². The number of hydrogen-bond acceptors (Lipinski definition) is 1. The molecule has 0 unspecified atom stereocenters. The molecule has 1 N–H and O–H groups in total. The predicted molar refractivity (Wildman–Crippen MR) is 73.1 cm³/mol. The average Bonchev–Trinajstić information content (AvgIpc) is 2.77. The summed E-state index contributed by atoms with van der Waals surface area (Å²) >= 11 is 0. The number of para-hydroxylation sites is 1. The molecule has 22 heavy (non-hydrogen) atoms. The van der Waals surface area contributed by atoms with E-state index in [-0.39, 0.29) is 12.1 Å². The number of nitrogens with zero attached hydrogens (tertiary/aromatic N) is 1. The highest BCUT2D eigenvalue weighted by atomic mass is 19.4. The first-order valence-corrected chi connectivity index (χ1v) is 6.39. The maximum atomic E-state index is 13.6. The lowest BCUT2D eigenvalue weighted by Gasteiger charge is -2.09. The minimum atomic E-state index is -4.45. The lowest BCUT2D eigenvalue weighted by atomic mass is 10.1. The van der Waals surface area contributed by atoms with Crippen molar-refractivity contribution in [1.82, 2.24) is 9.55 Å². The van der Waals surface area contributed by atoms with Gasteiger partial charge in [-0.2, -0.15) is 13.2 Å². The fraction of sp³-hybridized carbons (Fsp3) is 0.133. The minimum Gasteiger partial charge on any atom is -0.303 e. The van der Waals surface area contributed by atoms with Gasteiger partial charge >= 0.3 is 11.9 Å². The van der Waals surface area contributed by atoms with Crippen molar-refractivity contribution in [2.75, 3.05) is 0 Å². The number of alkyl halides is 3. The summed E-state index contributed by atoms with van der Waals surface area (Å²) in [6.07, 6.45) is -4.45. The first-order valence-electron chi connectivity index (χ1n) is 6.39. The molecule has 0 aliphatic heterocycles. The fourth-order valence-electron chi connectivity index (χ4n) is 2.33.